The molecule has 12 aromatic carbocycles. The van der Waals surface area contributed by atoms with E-state index in [0.29, 0.717) is 0 Å². The molecule has 0 N–H and O–H groups in total. The molecule has 0 atom stereocenters. The van der Waals surface area contributed by atoms with Gasteiger partial charge in [0.25, 0.3) is 0 Å². The van der Waals surface area contributed by atoms with Gasteiger partial charge in [0.15, 0.2) is 0 Å². The molecule has 0 spiro atoms. The first-order valence-electron chi connectivity index (χ1n) is 21.0. The molecule has 0 aliphatic rings. The summed E-state index contributed by atoms with van der Waals surface area (Å²) in [6, 6.07) is 80.1. The molecule has 0 saturated heterocycles. The molecule has 61 heavy (non-hydrogen) atoms. The highest BCUT2D eigenvalue weighted by Gasteiger charge is 2.22. The number of rotatable bonds is 4. The minimum atomic E-state index is 0.936. The van der Waals surface area contributed by atoms with E-state index >= 15 is 0 Å². The summed E-state index contributed by atoms with van der Waals surface area (Å²) in [5.74, 6) is 0.936. The Kier molecular flexibility index (Phi) is 7.34. The zero-order valence-corrected chi connectivity index (χ0v) is 33.2. The predicted molar refractivity (Wildman–Crippen MR) is 260 cm³/mol. The summed E-state index contributed by atoms with van der Waals surface area (Å²) in [6.07, 6.45) is 0. The Morgan fingerprint density at radius 2 is 0.787 bits per heavy atom. The molecule has 1 aromatic heterocycles. The lowest BCUT2D eigenvalue weighted by molar-refractivity contribution is 1.13. The summed E-state index contributed by atoms with van der Waals surface area (Å²) in [5.41, 5.74) is 9.11. The first kappa shape index (κ1) is 33.9. The molecule has 0 bridgehead atoms. The minimum Gasteiger partial charge on any atom is -0.291 e. The predicted octanol–water partition coefficient (Wildman–Crippen LogP) is 16.1. The topological polar surface area (TPSA) is 17.8 Å². The van der Waals surface area contributed by atoms with Gasteiger partial charge in [-0.25, -0.2) is 4.98 Å². The Morgan fingerprint density at radius 1 is 0.295 bits per heavy atom. The highest BCUT2D eigenvalue weighted by molar-refractivity contribution is 6.33. The molecule has 2 nitrogen and oxygen atoms in total. The maximum Gasteiger partial charge on any atom is 0.145 e. The van der Waals surface area contributed by atoms with Gasteiger partial charge in [0.2, 0.25) is 0 Å². The quantitative estimate of drug-likeness (QED) is 0.129. The number of benzene rings is 11. The number of hydrogen-bond donors (Lipinski definition) is 0. The van der Waals surface area contributed by atoms with Crippen molar-refractivity contribution in [3.8, 4) is 39.3 Å². The minimum absolute atomic E-state index is 0.936. The summed E-state index contributed by atoms with van der Waals surface area (Å²) < 4.78 is 2.38. The first-order chi connectivity index (χ1) is 30.3. The normalized spacial score (nSPS) is 11.9. The van der Waals surface area contributed by atoms with Crippen LogP contribution in [0.15, 0.2) is 218 Å². The number of aromatic nitrogens is 2. The summed E-state index contributed by atoms with van der Waals surface area (Å²) >= 11 is 0. The van der Waals surface area contributed by atoms with E-state index in [1.54, 1.807) is 0 Å². The van der Waals surface area contributed by atoms with Crippen molar-refractivity contribution in [2.24, 2.45) is 0 Å². The van der Waals surface area contributed by atoms with Crippen molar-refractivity contribution in [1.29, 1.82) is 0 Å². The first-order valence-corrected chi connectivity index (χ1v) is 21.0. The lowest BCUT2D eigenvalue weighted by Gasteiger charge is -2.20. The van der Waals surface area contributed by atoms with Gasteiger partial charge in [0, 0.05) is 16.3 Å². The van der Waals surface area contributed by atoms with Gasteiger partial charge in [0.1, 0.15) is 5.82 Å². The summed E-state index contributed by atoms with van der Waals surface area (Å²) in [5, 5.41) is 17.6. The molecule has 13 aromatic rings. The molecule has 1 heterocycles. The Labute approximate surface area is 352 Å². The SMILES string of the molecule is c1ccc(-c2nc3ccccc3n2-c2c3ccccc3c(-c3ccc(-c4ccc5c(c4)c4ccccc4c4cccc6ccc7cccc5c7c64)cc3)c3ccccc23)cc1. The standard InChI is InChI=1S/C59H36N2/c1-2-14-41(15-3-1)59-60-53-26-10-11-27-54(53)61(59)58-50-22-8-6-20-48(50)55(49-21-7-9-23-51(49)58)40-30-28-37(29-31-40)42-34-35-45-47-25-13-17-39-33-32-38-16-12-24-46(56(38)57(39)47)43-18-4-5-19-44(43)52(45)36-42/h1-36H. The van der Waals surface area contributed by atoms with Crippen LogP contribution >= 0.6 is 0 Å². The fraction of sp³-hybridized carbons (Fsp3) is 0. The van der Waals surface area contributed by atoms with Crippen LogP contribution in [0.1, 0.15) is 0 Å². The fourth-order valence-corrected chi connectivity index (χ4v) is 10.3. The van der Waals surface area contributed by atoms with Crippen LogP contribution in [0, 0.1) is 0 Å². The molecule has 0 unspecified atom stereocenters. The van der Waals surface area contributed by atoms with Crippen LogP contribution in [0.2, 0.25) is 0 Å². The second-order valence-corrected chi connectivity index (χ2v) is 16.2. The molecule has 0 radical (unpaired) electrons. The van der Waals surface area contributed by atoms with E-state index in [2.05, 4.69) is 223 Å². The lowest BCUT2D eigenvalue weighted by Crippen LogP contribution is -2.01. The molecule has 2 heteroatoms. The number of para-hydroxylation sites is 2. The van der Waals surface area contributed by atoms with Gasteiger partial charge in [-0.1, -0.05) is 200 Å². The smallest absolute Gasteiger partial charge is 0.145 e. The number of fused-ring (bicyclic) bond motifs is 8. The second-order valence-electron chi connectivity index (χ2n) is 16.2. The number of imidazole rings is 1. The van der Waals surface area contributed by atoms with Crippen molar-refractivity contribution in [2.75, 3.05) is 0 Å². The molecule has 0 amide bonds. The van der Waals surface area contributed by atoms with Crippen LogP contribution in [0.5, 0.6) is 0 Å². The summed E-state index contributed by atoms with van der Waals surface area (Å²) in [4.78, 5) is 5.23. The van der Waals surface area contributed by atoms with Crippen molar-refractivity contribution in [3.63, 3.8) is 0 Å². The Morgan fingerprint density at radius 3 is 1.44 bits per heavy atom. The van der Waals surface area contributed by atoms with Gasteiger partial charge >= 0.3 is 0 Å². The van der Waals surface area contributed by atoms with E-state index in [4.69, 9.17) is 4.98 Å². The van der Waals surface area contributed by atoms with Gasteiger partial charge in [-0.2, -0.15) is 0 Å². The average Bonchev–Trinajstić information content (AvgIpc) is 3.72. The van der Waals surface area contributed by atoms with Crippen LogP contribution in [-0.4, -0.2) is 9.55 Å². The van der Waals surface area contributed by atoms with E-state index in [9.17, 15) is 0 Å². The second kappa shape index (κ2) is 13.2. The molecular weight excluding hydrogens is 737 g/mol. The van der Waals surface area contributed by atoms with Gasteiger partial charge in [-0.15, -0.1) is 0 Å². The monoisotopic (exact) mass is 772 g/mol. The van der Waals surface area contributed by atoms with E-state index in [1.165, 1.54) is 97.7 Å². The van der Waals surface area contributed by atoms with Crippen LogP contribution in [0.25, 0.3) is 126 Å². The van der Waals surface area contributed by atoms with Crippen molar-refractivity contribution >= 4 is 86.4 Å². The maximum absolute atomic E-state index is 5.23. The van der Waals surface area contributed by atoms with Gasteiger partial charge in [0.05, 0.1) is 16.7 Å². The van der Waals surface area contributed by atoms with Crippen LogP contribution < -0.4 is 0 Å². The van der Waals surface area contributed by atoms with E-state index < -0.39 is 0 Å². The summed E-state index contributed by atoms with van der Waals surface area (Å²) in [6.45, 7) is 0. The van der Waals surface area contributed by atoms with Gasteiger partial charge < -0.3 is 0 Å². The van der Waals surface area contributed by atoms with Crippen molar-refractivity contribution in [2.45, 2.75) is 0 Å². The zero-order valence-electron chi connectivity index (χ0n) is 33.2. The fourth-order valence-electron chi connectivity index (χ4n) is 10.3. The third-order valence-electron chi connectivity index (χ3n) is 12.9. The van der Waals surface area contributed by atoms with E-state index in [1.807, 2.05) is 0 Å². The molecular formula is C59H36N2. The van der Waals surface area contributed by atoms with E-state index in [-0.39, 0.29) is 0 Å². The molecule has 0 aliphatic carbocycles. The average molecular weight is 773 g/mol. The van der Waals surface area contributed by atoms with Crippen LogP contribution in [-0.2, 0) is 0 Å². The number of hydrogen-bond acceptors (Lipinski definition) is 1. The Hall–Kier alpha value is -8.07. The molecule has 13 rings (SSSR count). The van der Waals surface area contributed by atoms with Gasteiger partial charge in [-0.3, -0.25) is 4.57 Å². The highest BCUT2D eigenvalue weighted by atomic mass is 15.1. The Bertz CT molecular complexity index is 3860. The maximum atomic E-state index is 5.23. The van der Waals surface area contributed by atoms with Crippen molar-refractivity contribution in [3.05, 3.63) is 218 Å². The van der Waals surface area contributed by atoms with Crippen molar-refractivity contribution < 1.29 is 0 Å². The molecule has 0 saturated carbocycles. The number of nitrogens with zero attached hydrogens (tertiary/aromatic N) is 2. The third kappa shape index (κ3) is 5.06. The highest BCUT2D eigenvalue weighted by Crippen LogP contribution is 2.45. The van der Waals surface area contributed by atoms with Crippen molar-refractivity contribution in [1.82, 2.24) is 9.55 Å². The van der Waals surface area contributed by atoms with Crippen LogP contribution in [0.4, 0.5) is 0 Å². The molecule has 282 valence electrons. The van der Waals surface area contributed by atoms with E-state index in [0.717, 1.165) is 28.1 Å². The Balaban J connectivity index is 1.02. The van der Waals surface area contributed by atoms with Crippen LogP contribution in [0.3, 0.4) is 0 Å². The lowest BCUT2D eigenvalue weighted by atomic mass is 9.88. The third-order valence-corrected chi connectivity index (χ3v) is 12.9. The van der Waals surface area contributed by atoms with Gasteiger partial charge in [-0.05, 0) is 105 Å². The summed E-state index contributed by atoms with van der Waals surface area (Å²) in [7, 11) is 0. The largest absolute Gasteiger partial charge is 0.291 e. The zero-order chi connectivity index (χ0) is 40.0. The molecule has 0 aliphatic heterocycles. The molecule has 0 fully saturated rings.